The van der Waals surface area contributed by atoms with E-state index in [0.29, 0.717) is 30.9 Å². The summed E-state index contributed by atoms with van der Waals surface area (Å²) in [6.45, 7) is 0.142. The van der Waals surface area contributed by atoms with Crippen molar-refractivity contribution >= 4 is 27.9 Å². The number of nitrogens with one attached hydrogen (secondary N) is 3. The van der Waals surface area contributed by atoms with Crippen molar-refractivity contribution in [3.8, 4) is 5.88 Å². The highest BCUT2D eigenvalue weighted by Crippen LogP contribution is 2.26. The Morgan fingerprint density at radius 2 is 1.81 bits per heavy atom. The quantitative estimate of drug-likeness (QED) is 0.341. The van der Waals surface area contributed by atoms with Gasteiger partial charge in [0.25, 0.3) is 15.9 Å². The molecule has 1 aromatic heterocycles. The normalized spacial score (nSPS) is 14.0. The number of aliphatic hydroxyl groups is 1. The van der Waals surface area contributed by atoms with Crippen molar-refractivity contribution in [2.45, 2.75) is 49.8 Å². The lowest BCUT2D eigenvalue weighted by Crippen LogP contribution is -2.31. The van der Waals surface area contributed by atoms with E-state index in [1.54, 1.807) is 12.1 Å². The van der Waals surface area contributed by atoms with Crippen LogP contribution in [-0.4, -0.2) is 56.1 Å². The maximum absolute atomic E-state index is 12.8. The molecular formula is C25H32N4O7S. The lowest BCUT2D eigenvalue weighted by molar-refractivity contribution is -0.122. The molecule has 0 saturated heterocycles. The molecule has 0 spiro atoms. The Balaban J connectivity index is 1.51. The van der Waals surface area contributed by atoms with Gasteiger partial charge in [-0.15, -0.1) is 0 Å². The van der Waals surface area contributed by atoms with Gasteiger partial charge in [0.2, 0.25) is 11.8 Å². The van der Waals surface area contributed by atoms with Gasteiger partial charge in [0.15, 0.2) is 0 Å². The van der Waals surface area contributed by atoms with Crippen LogP contribution in [0.4, 0.5) is 4.79 Å². The van der Waals surface area contributed by atoms with Crippen molar-refractivity contribution in [3.05, 3.63) is 53.7 Å². The van der Waals surface area contributed by atoms with E-state index < -0.39 is 22.0 Å². The molecule has 0 radical (unpaired) electrons. The first-order chi connectivity index (χ1) is 17.8. The minimum Gasteiger partial charge on any atom is -0.395 e. The molecule has 0 unspecified atom stereocenters. The van der Waals surface area contributed by atoms with E-state index in [1.807, 2.05) is 4.72 Å². The second-order valence-electron chi connectivity index (χ2n) is 8.82. The van der Waals surface area contributed by atoms with Crippen molar-refractivity contribution in [3.63, 3.8) is 0 Å². The predicted octanol–water partition coefficient (Wildman–Crippen LogP) is 1.91. The number of carbonyl (C=O) groups excluding carboxylic acids is 3. The molecule has 12 heteroatoms. The molecule has 0 aliphatic heterocycles. The van der Waals surface area contributed by atoms with E-state index in [0.717, 1.165) is 19.0 Å². The lowest BCUT2D eigenvalue weighted by atomic mass is 9.87. The fourth-order valence-electron chi connectivity index (χ4n) is 4.04. The number of sulfonamides is 1. The number of aliphatic hydroxyl groups excluding tert-OH is 1. The van der Waals surface area contributed by atoms with Crippen LogP contribution in [0.3, 0.4) is 0 Å². The summed E-state index contributed by atoms with van der Waals surface area (Å²) in [6.07, 6.45) is 7.00. The highest BCUT2D eigenvalue weighted by atomic mass is 32.2. The average molecular weight is 533 g/mol. The summed E-state index contributed by atoms with van der Waals surface area (Å²) < 4.78 is 32.4. The van der Waals surface area contributed by atoms with E-state index in [9.17, 15) is 22.8 Å². The van der Waals surface area contributed by atoms with Gasteiger partial charge in [0.1, 0.15) is 0 Å². The Kier molecular flexibility index (Phi) is 10.4. The molecule has 1 aromatic carbocycles. The van der Waals surface area contributed by atoms with Crippen molar-refractivity contribution in [1.29, 1.82) is 0 Å². The summed E-state index contributed by atoms with van der Waals surface area (Å²) in [6, 6.07) is 8.67. The van der Waals surface area contributed by atoms with Crippen LogP contribution in [0, 0.1) is 5.92 Å². The highest BCUT2D eigenvalue weighted by Gasteiger charge is 2.20. The number of amides is 3. The monoisotopic (exact) mass is 532 g/mol. The molecule has 0 bridgehead atoms. The summed E-state index contributed by atoms with van der Waals surface area (Å²) >= 11 is 0. The number of pyridine rings is 1. The third kappa shape index (κ3) is 9.14. The molecule has 3 rings (SSSR count). The molecule has 1 aliphatic rings. The van der Waals surface area contributed by atoms with Gasteiger partial charge in [0, 0.05) is 31.8 Å². The van der Waals surface area contributed by atoms with E-state index in [4.69, 9.17) is 9.84 Å². The van der Waals surface area contributed by atoms with Gasteiger partial charge in [-0.3, -0.25) is 9.59 Å². The number of hydrogen-bond acceptors (Lipinski definition) is 8. The van der Waals surface area contributed by atoms with Crippen LogP contribution in [0.25, 0.3) is 0 Å². The Bertz CT molecular complexity index is 1180. The van der Waals surface area contributed by atoms with E-state index >= 15 is 0 Å². The second-order valence-corrected chi connectivity index (χ2v) is 10.5. The largest absolute Gasteiger partial charge is 0.414 e. The van der Waals surface area contributed by atoms with Crippen LogP contribution in [-0.2, 0) is 21.2 Å². The van der Waals surface area contributed by atoms with E-state index in [2.05, 4.69) is 15.6 Å². The summed E-state index contributed by atoms with van der Waals surface area (Å²) in [7, 11) is -4.16. The third-order valence-electron chi connectivity index (χ3n) is 5.95. The highest BCUT2D eigenvalue weighted by molar-refractivity contribution is 7.90. The maximum atomic E-state index is 12.8. The first-order valence-corrected chi connectivity index (χ1v) is 13.7. The van der Waals surface area contributed by atoms with Crippen LogP contribution < -0.4 is 20.1 Å². The van der Waals surface area contributed by atoms with Gasteiger partial charge in [-0.05, 0) is 48.9 Å². The summed E-state index contributed by atoms with van der Waals surface area (Å²) in [5, 5.41) is 13.9. The zero-order valence-electron chi connectivity index (χ0n) is 20.4. The molecule has 1 saturated carbocycles. The number of nitrogens with zero attached hydrogens (tertiary/aromatic N) is 1. The predicted molar refractivity (Wildman–Crippen MR) is 134 cm³/mol. The van der Waals surface area contributed by atoms with Crippen LogP contribution in [0.5, 0.6) is 5.88 Å². The summed E-state index contributed by atoms with van der Waals surface area (Å²) in [4.78, 5) is 39.9. The number of aromatic nitrogens is 1. The van der Waals surface area contributed by atoms with Crippen LogP contribution >= 0.6 is 0 Å². The summed E-state index contributed by atoms with van der Waals surface area (Å²) in [5.41, 5.74) is 0.652. The zero-order valence-corrected chi connectivity index (χ0v) is 21.3. The SMILES string of the molecule is O=C(CC1CCCCC1)NCCc1cccc(S(=O)(=O)NC(=O)c2ccc(OC(=O)NCCO)nc2)c1. The average Bonchev–Trinajstić information content (AvgIpc) is 2.88. The van der Waals surface area contributed by atoms with Gasteiger partial charge in [-0.2, -0.15) is 0 Å². The van der Waals surface area contributed by atoms with Crippen molar-refractivity contribution in [2.24, 2.45) is 5.92 Å². The summed E-state index contributed by atoms with van der Waals surface area (Å²) in [5.74, 6) is -0.544. The lowest BCUT2D eigenvalue weighted by Gasteiger charge is -2.20. The Labute approximate surface area is 216 Å². The van der Waals surface area contributed by atoms with Gasteiger partial charge in [-0.1, -0.05) is 31.4 Å². The first kappa shape index (κ1) is 28.1. The molecule has 37 heavy (non-hydrogen) atoms. The van der Waals surface area contributed by atoms with Gasteiger partial charge < -0.3 is 20.5 Å². The second kappa shape index (κ2) is 13.7. The van der Waals surface area contributed by atoms with Crippen molar-refractivity contribution in [1.82, 2.24) is 20.3 Å². The maximum Gasteiger partial charge on any atom is 0.414 e. The Morgan fingerprint density at radius 3 is 2.51 bits per heavy atom. The van der Waals surface area contributed by atoms with Crippen LogP contribution in [0.1, 0.15) is 54.4 Å². The van der Waals surface area contributed by atoms with Crippen molar-refractivity contribution in [2.75, 3.05) is 19.7 Å². The Hall–Kier alpha value is -3.51. The number of rotatable bonds is 11. The van der Waals surface area contributed by atoms with Crippen LogP contribution in [0.15, 0.2) is 47.5 Å². The molecule has 1 heterocycles. The molecule has 3 amide bonds. The molecule has 200 valence electrons. The van der Waals surface area contributed by atoms with Gasteiger partial charge >= 0.3 is 6.09 Å². The molecule has 4 N–H and O–H groups in total. The number of carbonyl (C=O) groups is 3. The molecule has 1 fully saturated rings. The fraction of sp³-hybridized carbons (Fsp3) is 0.440. The molecule has 11 nitrogen and oxygen atoms in total. The molecule has 0 atom stereocenters. The van der Waals surface area contributed by atoms with E-state index in [1.165, 1.54) is 43.5 Å². The first-order valence-electron chi connectivity index (χ1n) is 12.2. The van der Waals surface area contributed by atoms with Gasteiger partial charge in [-0.25, -0.2) is 22.9 Å². The number of benzene rings is 1. The minimum absolute atomic E-state index is 0.00738. The topological polar surface area (TPSA) is 164 Å². The standard InChI is InChI=1S/C25H32N4O7S/c30-14-13-27-25(33)36-23-10-9-20(17-28-23)24(32)29-37(34,35)21-8-4-7-19(15-21)11-12-26-22(31)16-18-5-2-1-3-6-18/h4,7-10,15,17-18,30H,1-3,5-6,11-14,16H2,(H,26,31)(H,27,33)(H,29,32). The van der Waals surface area contributed by atoms with Crippen LogP contribution in [0.2, 0.25) is 0 Å². The number of hydrogen-bond donors (Lipinski definition) is 4. The molecular weight excluding hydrogens is 500 g/mol. The van der Waals surface area contributed by atoms with Gasteiger partial charge in [0.05, 0.1) is 17.1 Å². The van der Waals surface area contributed by atoms with E-state index in [-0.39, 0.29) is 35.4 Å². The number of ether oxygens (including phenoxy) is 1. The minimum atomic E-state index is -4.16. The molecule has 1 aliphatic carbocycles. The third-order valence-corrected chi connectivity index (χ3v) is 7.28. The molecule has 2 aromatic rings. The smallest absolute Gasteiger partial charge is 0.395 e. The van der Waals surface area contributed by atoms with Crippen molar-refractivity contribution < 1.29 is 32.6 Å². The zero-order chi connectivity index (χ0) is 26.7. The fourth-order valence-corrected chi connectivity index (χ4v) is 5.09. The Morgan fingerprint density at radius 1 is 1.03 bits per heavy atom.